The molecule has 1 aromatic rings. The highest BCUT2D eigenvalue weighted by atomic mass is 79.9. The highest BCUT2D eigenvalue weighted by Crippen LogP contribution is 2.35. The van der Waals surface area contributed by atoms with Gasteiger partial charge in [0, 0.05) is 16.6 Å². The van der Waals surface area contributed by atoms with Gasteiger partial charge in [0.2, 0.25) is 0 Å². The largest absolute Gasteiger partial charge is 0.506 e. The number of phenolic OH excluding ortho intramolecular Hbond substituents is 1. The molecule has 72 valence electrons. The van der Waals surface area contributed by atoms with Crippen LogP contribution in [0, 0.1) is 0 Å². The Bertz CT molecular complexity index is 317. The number of hydrogen-bond acceptors (Lipinski definition) is 2. The van der Waals surface area contributed by atoms with Gasteiger partial charge in [-0.15, -0.1) is 0 Å². The zero-order valence-corrected chi connectivity index (χ0v) is 9.56. The van der Waals surface area contributed by atoms with E-state index in [1.807, 2.05) is 6.92 Å². The van der Waals surface area contributed by atoms with E-state index in [2.05, 4.69) is 15.9 Å². The van der Waals surface area contributed by atoms with Crippen molar-refractivity contribution in [3.63, 3.8) is 0 Å². The number of phenols is 1. The third-order valence-electron chi connectivity index (χ3n) is 1.90. The molecule has 1 unspecified atom stereocenters. The van der Waals surface area contributed by atoms with Gasteiger partial charge in [0.25, 0.3) is 0 Å². The SMILES string of the molecule is CCC(N)c1cc(Cl)cc(Br)c1O. The van der Waals surface area contributed by atoms with Crippen LogP contribution in [0.1, 0.15) is 24.9 Å². The molecule has 0 bridgehead atoms. The highest BCUT2D eigenvalue weighted by molar-refractivity contribution is 9.10. The van der Waals surface area contributed by atoms with Gasteiger partial charge in [-0.25, -0.2) is 0 Å². The molecule has 0 aliphatic heterocycles. The zero-order chi connectivity index (χ0) is 10.0. The summed E-state index contributed by atoms with van der Waals surface area (Å²) >= 11 is 9.03. The van der Waals surface area contributed by atoms with Crippen molar-refractivity contribution < 1.29 is 5.11 Å². The van der Waals surface area contributed by atoms with Gasteiger partial charge in [-0.3, -0.25) is 0 Å². The lowest BCUT2D eigenvalue weighted by Crippen LogP contribution is -2.08. The maximum absolute atomic E-state index is 9.64. The van der Waals surface area contributed by atoms with Crippen LogP contribution in [0.25, 0.3) is 0 Å². The van der Waals surface area contributed by atoms with E-state index >= 15 is 0 Å². The minimum absolute atomic E-state index is 0.171. The third kappa shape index (κ3) is 2.36. The summed E-state index contributed by atoms with van der Waals surface area (Å²) in [5, 5.41) is 10.2. The van der Waals surface area contributed by atoms with Gasteiger partial charge < -0.3 is 10.8 Å². The van der Waals surface area contributed by atoms with E-state index in [0.717, 1.165) is 6.42 Å². The van der Waals surface area contributed by atoms with E-state index in [4.69, 9.17) is 17.3 Å². The average Bonchev–Trinajstić information content (AvgIpc) is 2.10. The Morgan fingerprint density at radius 3 is 2.77 bits per heavy atom. The molecule has 0 amide bonds. The lowest BCUT2D eigenvalue weighted by Gasteiger charge is -2.12. The number of hydrogen-bond donors (Lipinski definition) is 2. The molecule has 0 saturated heterocycles. The fraction of sp³-hybridized carbons (Fsp3) is 0.333. The molecule has 2 nitrogen and oxygen atoms in total. The molecule has 1 rings (SSSR count). The number of aromatic hydroxyl groups is 1. The van der Waals surface area contributed by atoms with Crippen molar-refractivity contribution >= 4 is 27.5 Å². The molecular formula is C9H11BrClNO. The number of halogens is 2. The second-order valence-corrected chi connectivity index (χ2v) is 4.13. The van der Waals surface area contributed by atoms with Crippen LogP contribution in [0.3, 0.4) is 0 Å². The van der Waals surface area contributed by atoms with Crippen LogP contribution in [-0.2, 0) is 0 Å². The van der Waals surface area contributed by atoms with Crippen molar-refractivity contribution in [2.24, 2.45) is 5.73 Å². The number of benzene rings is 1. The Morgan fingerprint density at radius 2 is 2.23 bits per heavy atom. The molecule has 0 aliphatic rings. The molecule has 1 aromatic carbocycles. The first-order valence-electron chi connectivity index (χ1n) is 3.99. The highest BCUT2D eigenvalue weighted by Gasteiger charge is 2.12. The van der Waals surface area contributed by atoms with Crippen LogP contribution in [-0.4, -0.2) is 5.11 Å². The lowest BCUT2D eigenvalue weighted by molar-refractivity contribution is 0.457. The second kappa shape index (κ2) is 4.31. The lowest BCUT2D eigenvalue weighted by atomic mass is 10.0. The Morgan fingerprint density at radius 1 is 1.62 bits per heavy atom. The van der Waals surface area contributed by atoms with Gasteiger partial charge in [0.1, 0.15) is 5.75 Å². The molecule has 0 spiro atoms. The number of rotatable bonds is 2. The Labute approximate surface area is 90.8 Å². The van der Waals surface area contributed by atoms with E-state index in [1.54, 1.807) is 12.1 Å². The van der Waals surface area contributed by atoms with Gasteiger partial charge in [0.05, 0.1) is 4.47 Å². The van der Waals surface area contributed by atoms with Crippen LogP contribution < -0.4 is 5.73 Å². The Hall–Kier alpha value is -0.250. The van der Waals surface area contributed by atoms with Crippen molar-refractivity contribution in [2.75, 3.05) is 0 Å². The van der Waals surface area contributed by atoms with Crippen molar-refractivity contribution in [1.29, 1.82) is 0 Å². The summed E-state index contributed by atoms with van der Waals surface area (Å²) in [6.45, 7) is 1.96. The minimum atomic E-state index is -0.171. The zero-order valence-electron chi connectivity index (χ0n) is 7.22. The van der Waals surface area contributed by atoms with Crippen LogP contribution >= 0.6 is 27.5 Å². The first kappa shape index (κ1) is 10.8. The van der Waals surface area contributed by atoms with E-state index in [0.29, 0.717) is 15.1 Å². The molecule has 0 aromatic heterocycles. The smallest absolute Gasteiger partial charge is 0.134 e. The molecule has 13 heavy (non-hydrogen) atoms. The standard InChI is InChI=1S/C9H11BrClNO/c1-2-8(12)6-3-5(11)4-7(10)9(6)13/h3-4,8,13H,2,12H2,1H3. The molecule has 0 heterocycles. The van der Waals surface area contributed by atoms with Gasteiger partial charge in [-0.1, -0.05) is 18.5 Å². The monoisotopic (exact) mass is 263 g/mol. The Kier molecular flexibility index (Phi) is 3.59. The van der Waals surface area contributed by atoms with Crippen LogP contribution in [0.5, 0.6) is 5.75 Å². The Balaban J connectivity index is 3.20. The summed E-state index contributed by atoms with van der Waals surface area (Å²) < 4.78 is 0.582. The summed E-state index contributed by atoms with van der Waals surface area (Å²) in [6.07, 6.45) is 0.764. The van der Waals surface area contributed by atoms with Crippen molar-refractivity contribution in [1.82, 2.24) is 0 Å². The van der Waals surface area contributed by atoms with Crippen LogP contribution in [0.4, 0.5) is 0 Å². The van der Waals surface area contributed by atoms with Crippen molar-refractivity contribution in [3.8, 4) is 5.75 Å². The average molecular weight is 265 g/mol. The van der Waals surface area contributed by atoms with Gasteiger partial charge in [-0.05, 0) is 34.5 Å². The third-order valence-corrected chi connectivity index (χ3v) is 2.72. The molecule has 0 radical (unpaired) electrons. The fourth-order valence-electron chi connectivity index (χ4n) is 1.09. The maximum Gasteiger partial charge on any atom is 0.134 e. The predicted octanol–water partition coefficient (Wildman–Crippen LogP) is 3.22. The van der Waals surface area contributed by atoms with E-state index < -0.39 is 0 Å². The molecule has 0 fully saturated rings. The number of nitrogens with two attached hydrogens (primary N) is 1. The summed E-state index contributed by atoms with van der Waals surface area (Å²) in [5.74, 6) is 0.179. The van der Waals surface area contributed by atoms with E-state index in [1.165, 1.54) is 0 Å². The first-order chi connectivity index (χ1) is 6.06. The summed E-state index contributed by atoms with van der Waals surface area (Å²) in [7, 11) is 0. The molecule has 0 aliphatic carbocycles. The van der Waals surface area contributed by atoms with Crippen molar-refractivity contribution in [3.05, 3.63) is 27.2 Å². The quantitative estimate of drug-likeness (QED) is 0.861. The molecule has 1 atom stereocenters. The molecule has 3 N–H and O–H groups in total. The van der Waals surface area contributed by atoms with Crippen LogP contribution in [0.2, 0.25) is 5.02 Å². The normalized spacial score (nSPS) is 12.9. The van der Waals surface area contributed by atoms with Crippen molar-refractivity contribution in [2.45, 2.75) is 19.4 Å². The maximum atomic E-state index is 9.64. The predicted molar refractivity (Wildman–Crippen MR) is 58.0 cm³/mol. The van der Waals surface area contributed by atoms with E-state index in [9.17, 15) is 5.11 Å². The first-order valence-corrected chi connectivity index (χ1v) is 5.16. The van der Waals surface area contributed by atoms with Gasteiger partial charge >= 0.3 is 0 Å². The molecule has 0 saturated carbocycles. The van der Waals surface area contributed by atoms with E-state index in [-0.39, 0.29) is 11.8 Å². The summed E-state index contributed by atoms with van der Waals surface area (Å²) in [5.41, 5.74) is 6.48. The molecule has 4 heteroatoms. The summed E-state index contributed by atoms with van der Waals surface area (Å²) in [6, 6.07) is 3.16. The molecular weight excluding hydrogens is 253 g/mol. The van der Waals surface area contributed by atoms with Crippen LogP contribution in [0.15, 0.2) is 16.6 Å². The fourth-order valence-corrected chi connectivity index (χ4v) is 1.92. The second-order valence-electron chi connectivity index (χ2n) is 2.84. The summed E-state index contributed by atoms with van der Waals surface area (Å²) in [4.78, 5) is 0. The van der Waals surface area contributed by atoms with Gasteiger partial charge in [-0.2, -0.15) is 0 Å². The minimum Gasteiger partial charge on any atom is -0.506 e. The topological polar surface area (TPSA) is 46.2 Å². The van der Waals surface area contributed by atoms with Gasteiger partial charge in [0.15, 0.2) is 0 Å².